The zero-order valence-corrected chi connectivity index (χ0v) is 12.2. The van der Waals surface area contributed by atoms with Crippen LogP contribution in [0.15, 0.2) is 47.3 Å². The Kier molecular flexibility index (Phi) is 4.33. The van der Waals surface area contributed by atoms with Crippen LogP contribution in [0.4, 0.5) is 5.69 Å². The minimum atomic E-state index is -0.240. The Morgan fingerprint density at radius 3 is 2.67 bits per heavy atom. The number of carbonyl (C=O) groups excluding carboxylic acids is 1. The van der Waals surface area contributed by atoms with Crippen LogP contribution in [0.3, 0.4) is 0 Å². The number of allylic oxidation sites excluding steroid dienone is 2. The van der Waals surface area contributed by atoms with Gasteiger partial charge < -0.3 is 10.3 Å². The molecular formula is C16H17N3O2. The first-order valence-corrected chi connectivity index (χ1v) is 6.56. The number of hydrogen-bond donors (Lipinski definition) is 2. The fourth-order valence-electron chi connectivity index (χ4n) is 2.01. The van der Waals surface area contributed by atoms with E-state index >= 15 is 0 Å². The van der Waals surface area contributed by atoms with Gasteiger partial charge in [0.1, 0.15) is 5.69 Å². The van der Waals surface area contributed by atoms with Crippen LogP contribution in [0.1, 0.15) is 19.4 Å². The van der Waals surface area contributed by atoms with Crippen LogP contribution in [0, 0.1) is 6.92 Å². The zero-order valence-electron chi connectivity index (χ0n) is 12.2. The molecule has 2 N–H and O–H groups in total. The van der Waals surface area contributed by atoms with E-state index in [2.05, 4.69) is 15.3 Å². The van der Waals surface area contributed by atoms with Crippen molar-refractivity contribution in [2.75, 3.05) is 5.32 Å². The molecule has 2 heterocycles. The molecule has 0 aliphatic carbocycles. The Labute approximate surface area is 122 Å². The summed E-state index contributed by atoms with van der Waals surface area (Å²) in [6.45, 7) is 5.16. The van der Waals surface area contributed by atoms with Gasteiger partial charge in [0.15, 0.2) is 5.78 Å². The standard InChI is InChI=1S/C16H17N3O2/c1-10-4-13(8-17-7-10)14-6-15(16(21)18-9-14)19-11(2)5-12(3)20/h4-9,19H,1-3H3,(H,18,21). The molecule has 0 spiro atoms. The average molecular weight is 283 g/mol. The maximum atomic E-state index is 11.8. The molecule has 0 atom stereocenters. The molecule has 0 fully saturated rings. The summed E-state index contributed by atoms with van der Waals surface area (Å²) >= 11 is 0. The highest BCUT2D eigenvalue weighted by Gasteiger charge is 2.05. The Morgan fingerprint density at radius 2 is 2.00 bits per heavy atom. The van der Waals surface area contributed by atoms with Crippen LogP contribution in [-0.2, 0) is 4.79 Å². The van der Waals surface area contributed by atoms with Gasteiger partial charge in [-0.2, -0.15) is 0 Å². The summed E-state index contributed by atoms with van der Waals surface area (Å²) in [7, 11) is 0. The summed E-state index contributed by atoms with van der Waals surface area (Å²) in [4.78, 5) is 29.7. The lowest BCUT2D eigenvalue weighted by Gasteiger charge is -2.08. The number of anilines is 1. The second-order valence-corrected chi connectivity index (χ2v) is 4.95. The van der Waals surface area contributed by atoms with Gasteiger partial charge in [0.2, 0.25) is 0 Å². The molecule has 21 heavy (non-hydrogen) atoms. The Balaban J connectivity index is 2.38. The second-order valence-electron chi connectivity index (χ2n) is 4.95. The number of pyridine rings is 2. The molecule has 0 bridgehead atoms. The van der Waals surface area contributed by atoms with Crippen LogP contribution in [0.5, 0.6) is 0 Å². The lowest BCUT2D eigenvalue weighted by Crippen LogP contribution is -2.13. The summed E-state index contributed by atoms with van der Waals surface area (Å²) in [6.07, 6.45) is 6.60. The molecule has 0 amide bonds. The largest absolute Gasteiger partial charge is 0.355 e. The number of carbonyl (C=O) groups is 1. The van der Waals surface area contributed by atoms with Gasteiger partial charge in [-0.25, -0.2) is 0 Å². The summed E-state index contributed by atoms with van der Waals surface area (Å²) < 4.78 is 0. The minimum absolute atomic E-state index is 0.0736. The first-order chi connectivity index (χ1) is 9.95. The molecule has 0 saturated carbocycles. The molecule has 0 saturated heterocycles. The third-order valence-corrected chi connectivity index (χ3v) is 2.86. The summed E-state index contributed by atoms with van der Waals surface area (Å²) in [6, 6.07) is 3.73. The normalized spacial score (nSPS) is 11.3. The highest BCUT2D eigenvalue weighted by atomic mass is 16.1. The van der Waals surface area contributed by atoms with Gasteiger partial charge in [-0.15, -0.1) is 0 Å². The van der Waals surface area contributed by atoms with Gasteiger partial charge in [-0.05, 0) is 44.5 Å². The molecule has 0 aliphatic rings. The SMILES string of the molecule is CC(=O)C=C(C)Nc1cc(-c2cncc(C)c2)c[nH]c1=O. The fraction of sp³-hybridized carbons (Fsp3) is 0.188. The number of ketones is 1. The van der Waals surface area contributed by atoms with Crippen molar-refractivity contribution in [3.05, 3.63) is 58.4 Å². The molecule has 0 radical (unpaired) electrons. The molecule has 2 aromatic heterocycles. The number of rotatable bonds is 4. The number of H-pyrrole nitrogens is 1. The fourth-order valence-corrected chi connectivity index (χ4v) is 2.01. The zero-order chi connectivity index (χ0) is 15.4. The molecule has 0 unspecified atom stereocenters. The molecule has 2 aromatic rings. The predicted octanol–water partition coefficient (Wildman–Crippen LogP) is 2.65. The van der Waals surface area contributed by atoms with E-state index in [1.165, 1.54) is 13.0 Å². The molecule has 0 aromatic carbocycles. The highest BCUT2D eigenvalue weighted by Crippen LogP contribution is 2.20. The first-order valence-electron chi connectivity index (χ1n) is 6.56. The molecule has 0 aliphatic heterocycles. The molecular weight excluding hydrogens is 266 g/mol. The van der Waals surface area contributed by atoms with Crippen molar-refractivity contribution >= 4 is 11.5 Å². The van der Waals surface area contributed by atoms with Gasteiger partial charge >= 0.3 is 0 Å². The van der Waals surface area contributed by atoms with Crippen LogP contribution in [-0.4, -0.2) is 15.8 Å². The topological polar surface area (TPSA) is 74.8 Å². The number of hydrogen-bond acceptors (Lipinski definition) is 4. The maximum Gasteiger partial charge on any atom is 0.271 e. The van der Waals surface area contributed by atoms with Crippen LogP contribution < -0.4 is 10.9 Å². The van der Waals surface area contributed by atoms with Crippen molar-refractivity contribution in [2.24, 2.45) is 0 Å². The van der Waals surface area contributed by atoms with E-state index in [0.29, 0.717) is 11.4 Å². The van der Waals surface area contributed by atoms with Crippen molar-refractivity contribution in [2.45, 2.75) is 20.8 Å². The van der Waals surface area contributed by atoms with Crippen LogP contribution in [0.25, 0.3) is 11.1 Å². The van der Waals surface area contributed by atoms with Crippen molar-refractivity contribution < 1.29 is 4.79 Å². The van der Waals surface area contributed by atoms with Crippen molar-refractivity contribution in [1.29, 1.82) is 0 Å². The second kappa shape index (κ2) is 6.17. The highest BCUT2D eigenvalue weighted by molar-refractivity contribution is 5.88. The number of aromatic nitrogens is 2. The van der Waals surface area contributed by atoms with Gasteiger partial charge in [0.25, 0.3) is 5.56 Å². The van der Waals surface area contributed by atoms with Crippen molar-refractivity contribution in [3.63, 3.8) is 0 Å². The van der Waals surface area contributed by atoms with Gasteiger partial charge in [-0.3, -0.25) is 14.6 Å². The first kappa shape index (κ1) is 14.7. The number of nitrogens with one attached hydrogen (secondary N) is 2. The Bertz CT molecular complexity index is 760. The van der Waals surface area contributed by atoms with E-state index in [1.807, 2.05) is 13.0 Å². The van der Waals surface area contributed by atoms with Crippen molar-refractivity contribution in [3.8, 4) is 11.1 Å². The van der Waals surface area contributed by atoms with E-state index in [-0.39, 0.29) is 11.3 Å². The molecule has 108 valence electrons. The van der Waals surface area contributed by atoms with E-state index in [0.717, 1.165) is 16.7 Å². The quantitative estimate of drug-likeness (QED) is 0.846. The summed E-state index contributed by atoms with van der Waals surface area (Å²) in [5.74, 6) is -0.0736. The lowest BCUT2D eigenvalue weighted by molar-refractivity contribution is -0.112. The predicted molar refractivity (Wildman–Crippen MR) is 83.1 cm³/mol. The number of aryl methyl sites for hydroxylation is 1. The van der Waals surface area contributed by atoms with Gasteiger partial charge in [0, 0.05) is 35.4 Å². The minimum Gasteiger partial charge on any atom is -0.355 e. The van der Waals surface area contributed by atoms with Crippen LogP contribution in [0.2, 0.25) is 0 Å². The Hall–Kier alpha value is -2.69. The Morgan fingerprint density at radius 1 is 1.24 bits per heavy atom. The van der Waals surface area contributed by atoms with Gasteiger partial charge in [0.05, 0.1) is 0 Å². The smallest absolute Gasteiger partial charge is 0.271 e. The molecule has 5 nitrogen and oxygen atoms in total. The molecule has 2 rings (SSSR count). The third kappa shape index (κ3) is 3.89. The third-order valence-electron chi connectivity index (χ3n) is 2.86. The maximum absolute atomic E-state index is 11.8. The lowest BCUT2D eigenvalue weighted by atomic mass is 10.1. The number of aromatic amines is 1. The number of nitrogens with zero attached hydrogens (tertiary/aromatic N) is 1. The monoisotopic (exact) mass is 283 g/mol. The van der Waals surface area contributed by atoms with E-state index < -0.39 is 0 Å². The van der Waals surface area contributed by atoms with Crippen LogP contribution >= 0.6 is 0 Å². The summed E-state index contributed by atoms with van der Waals surface area (Å²) in [5.41, 5.74) is 3.58. The van der Waals surface area contributed by atoms with E-state index in [9.17, 15) is 9.59 Å². The van der Waals surface area contributed by atoms with E-state index in [1.54, 1.807) is 31.6 Å². The average Bonchev–Trinajstić information content (AvgIpc) is 2.40. The van der Waals surface area contributed by atoms with Gasteiger partial charge in [-0.1, -0.05) is 0 Å². The molecule has 5 heteroatoms. The van der Waals surface area contributed by atoms with E-state index in [4.69, 9.17) is 0 Å². The summed E-state index contributed by atoms with van der Waals surface area (Å²) in [5, 5.41) is 2.94. The van der Waals surface area contributed by atoms with Crippen molar-refractivity contribution in [1.82, 2.24) is 9.97 Å².